The van der Waals surface area contributed by atoms with E-state index < -0.39 is 24.0 Å². The molecule has 0 radical (unpaired) electrons. The van der Waals surface area contributed by atoms with Crippen LogP contribution in [0.4, 0.5) is 4.79 Å². The van der Waals surface area contributed by atoms with Crippen LogP contribution < -0.4 is 10.6 Å². The number of carboxylic acids is 1. The number of hydrogen-bond acceptors (Lipinski definition) is 5. The first-order valence-electron chi connectivity index (χ1n) is 11.2. The van der Waals surface area contributed by atoms with E-state index in [1.807, 2.05) is 36.4 Å². The molecule has 8 nitrogen and oxygen atoms in total. The quantitative estimate of drug-likeness (QED) is 0.568. The van der Waals surface area contributed by atoms with Crippen LogP contribution in [0.2, 0.25) is 0 Å². The van der Waals surface area contributed by atoms with Gasteiger partial charge in [-0.15, -0.1) is 0 Å². The lowest BCUT2D eigenvalue weighted by molar-refractivity contribution is -0.141. The maximum Gasteiger partial charge on any atom is 0.407 e. The van der Waals surface area contributed by atoms with Gasteiger partial charge < -0.3 is 25.2 Å². The molecule has 2 aromatic carbocycles. The lowest BCUT2D eigenvalue weighted by Crippen LogP contribution is -2.48. The molecule has 174 valence electrons. The summed E-state index contributed by atoms with van der Waals surface area (Å²) < 4.78 is 10.9. The number of carbonyl (C=O) groups excluding carboxylic acids is 2. The molecule has 1 saturated heterocycles. The molecule has 2 aliphatic rings. The molecule has 1 aliphatic heterocycles. The van der Waals surface area contributed by atoms with Gasteiger partial charge in [-0.2, -0.15) is 0 Å². The predicted molar refractivity (Wildman–Crippen MR) is 121 cm³/mol. The van der Waals surface area contributed by atoms with E-state index in [1.165, 1.54) is 0 Å². The Kier molecular flexibility index (Phi) is 6.93. The van der Waals surface area contributed by atoms with Crippen molar-refractivity contribution in [3.05, 3.63) is 59.7 Å². The third-order valence-electron chi connectivity index (χ3n) is 6.29. The second kappa shape index (κ2) is 10.0. The molecule has 8 heteroatoms. The normalized spacial score (nSPS) is 19.9. The van der Waals surface area contributed by atoms with Crippen LogP contribution in [-0.2, 0) is 19.1 Å². The zero-order valence-electron chi connectivity index (χ0n) is 18.5. The summed E-state index contributed by atoms with van der Waals surface area (Å²) in [6.07, 6.45) is -0.255. The standard InChI is InChI=1S/C25H28N2O6/c1-2-22(23(28)26-12-16-11-15(13-32-16)24(29)30)27-25(31)33-14-21-19-9-5-3-7-17(19)18-8-4-6-10-20(18)21/h3-10,15-16,21-22H,2,11-14H2,1H3,(H,26,28)(H,27,31)(H,29,30)/t15-,16-,22?/m0/s1. The third-order valence-corrected chi connectivity index (χ3v) is 6.29. The highest BCUT2D eigenvalue weighted by Crippen LogP contribution is 2.44. The highest BCUT2D eigenvalue weighted by Gasteiger charge is 2.32. The van der Waals surface area contributed by atoms with Gasteiger partial charge in [0.25, 0.3) is 0 Å². The van der Waals surface area contributed by atoms with Crippen molar-refractivity contribution in [1.82, 2.24) is 10.6 Å². The van der Waals surface area contributed by atoms with Gasteiger partial charge in [0.05, 0.1) is 18.6 Å². The Bertz CT molecular complexity index is 994. The topological polar surface area (TPSA) is 114 Å². The molecule has 1 fully saturated rings. The molecule has 1 heterocycles. The molecule has 4 rings (SSSR count). The van der Waals surface area contributed by atoms with Gasteiger partial charge in [0.1, 0.15) is 12.6 Å². The molecule has 0 saturated carbocycles. The zero-order valence-corrected chi connectivity index (χ0v) is 18.5. The van der Waals surface area contributed by atoms with Gasteiger partial charge in [-0.05, 0) is 35.1 Å². The van der Waals surface area contributed by atoms with Crippen LogP contribution in [-0.4, -0.2) is 55.0 Å². The SMILES string of the molecule is CCC(NC(=O)OCC1c2ccccc2-c2ccccc21)C(=O)NC[C@@H]1C[C@H](C(=O)O)CO1. The molecule has 3 N–H and O–H groups in total. The first-order valence-corrected chi connectivity index (χ1v) is 11.2. The number of alkyl carbamates (subject to hydrolysis) is 1. The van der Waals surface area contributed by atoms with Gasteiger partial charge in [-0.1, -0.05) is 55.5 Å². The van der Waals surface area contributed by atoms with Crippen LogP contribution in [0.15, 0.2) is 48.5 Å². The fraction of sp³-hybridized carbons (Fsp3) is 0.400. The van der Waals surface area contributed by atoms with Gasteiger partial charge in [0.2, 0.25) is 5.91 Å². The number of carboxylic acid groups (broad SMARTS) is 1. The number of hydrogen-bond donors (Lipinski definition) is 3. The number of amides is 2. The average Bonchev–Trinajstić information content (AvgIpc) is 3.43. The summed E-state index contributed by atoms with van der Waals surface area (Å²) in [5.74, 6) is -1.85. The monoisotopic (exact) mass is 452 g/mol. The van der Waals surface area contributed by atoms with Crippen LogP contribution >= 0.6 is 0 Å². The Morgan fingerprint density at radius 2 is 1.73 bits per heavy atom. The van der Waals surface area contributed by atoms with Gasteiger partial charge in [-0.25, -0.2) is 4.79 Å². The van der Waals surface area contributed by atoms with Crippen molar-refractivity contribution in [2.24, 2.45) is 5.92 Å². The summed E-state index contributed by atoms with van der Waals surface area (Å²) in [6.45, 7) is 2.31. The minimum absolute atomic E-state index is 0.0567. The van der Waals surface area contributed by atoms with Crippen molar-refractivity contribution in [2.45, 2.75) is 37.8 Å². The Labute approximate surface area is 192 Å². The predicted octanol–water partition coefficient (Wildman–Crippen LogP) is 2.91. The Morgan fingerprint density at radius 1 is 1.09 bits per heavy atom. The number of nitrogens with one attached hydrogen (secondary N) is 2. The molecule has 2 amide bonds. The van der Waals surface area contributed by atoms with Crippen molar-refractivity contribution >= 4 is 18.0 Å². The lowest BCUT2D eigenvalue weighted by Gasteiger charge is -2.19. The maximum absolute atomic E-state index is 12.5. The average molecular weight is 453 g/mol. The number of aliphatic carboxylic acids is 1. The van der Waals surface area contributed by atoms with E-state index in [0.717, 1.165) is 22.3 Å². The van der Waals surface area contributed by atoms with Crippen LogP contribution in [0.1, 0.15) is 36.8 Å². The Hall–Kier alpha value is -3.39. The van der Waals surface area contributed by atoms with Gasteiger partial charge in [-0.3, -0.25) is 9.59 Å². The molecule has 0 spiro atoms. The van der Waals surface area contributed by atoms with Crippen molar-refractivity contribution in [2.75, 3.05) is 19.8 Å². The Balaban J connectivity index is 1.29. The van der Waals surface area contributed by atoms with E-state index in [0.29, 0.717) is 12.8 Å². The molecule has 33 heavy (non-hydrogen) atoms. The van der Waals surface area contributed by atoms with Crippen molar-refractivity contribution in [3.63, 3.8) is 0 Å². The van der Waals surface area contributed by atoms with E-state index in [9.17, 15) is 14.4 Å². The molecular formula is C25H28N2O6. The number of benzene rings is 2. The van der Waals surface area contributed by atoms with Crippen LogP contribution in [0, 0.1) is 5.92 Å². The molecule has 0 bridgehead atoms. The smallest absolute Gasteiger partial charge is 0.407 e. The van der Waals surface area contributed by atoms with Crippen LogP contribution in [0.5, 0.6) is 0 Å². The fourth-order valence-corrected chi connectivity index (χ4v) is 4.49. The number of rotatable bonds is 8. The molecular weight excluding hydrogens is 424 g/mol. The summed E-state index contributed by atoms with van der Waals surface area (Å²) >= 11 is 0. The summed E-state index contributed by atoms with van der Waals surface area (Å²) in [6, 6.07) is 15.4. The zero-order chi connectivity index (χ0) is 23.4. The van der Waals surface area contributed by atoms with E-state index in [4.69, 9.17) is 14.6 Å². The third kappa shape index (κ3) is 5.01. The highest BCUT2D eigenvalue weighted by molar-refractivity contribution is 5.85. The summed E-state index contributed by atoms with van der Waals surface area (Å²) in [5, 5.41) is 14.4. The molecule has 1 unspecified atom stereocenters. The first kappa shape index (κ1) is 22.8. The summed E-state index contributed by atoms with van der Waals surface area (Å²) in [7, 11) is 0. The van der Waals surface area contributed by atoms with Gasteiger partial charge in [0.15, 0.2) is 0 Å². The van der Waals surface area contributed by atoms with Crippen LogP contribution in [0.25, 0.3) is 11.1 Å². The molecule has 2 aromatic rings. The number of ether oxygens (including phenoxy) is 2. The minimum Gasteiger partial charge on any atom is -0.481 e. The van der Waals surface area contributed by atoms with E-state index in [1.54, 1.807) is 6.92 Å². The lowest BCUT2D eigenvalue weighted by atomic mass is 9.98. The van der Waals surface area contributed by atoms with E-state index >= 15 is 0 Å². The fourth-order valence-electron chi connectivity index (χ4n) is 4.49. The van der Waals surface area contributed by atoms with E-state index in [-0.39, 0.29) is 37.7 Å². The minimum atomic E-state index is -0.896. The van der Waals surface area contributed by atoms with E-state index in [2.05, 4.69) is 22.8 Å². The van der Waals surface area contributed by atoms with Gasteiger partial charge >= 0.3 is 12.1 Å². The second-order valence-electron chi connectivity index (χ2n) is 8.40. The molecule has 0 aromatic heterocycles. The number of fused-ring (bicyclic) bond motifs is 3. The van der Waals surface area contributed by atoms with Crippen molar-refractivity contribution in [1.29, 1.82) is 0 Å². The van der Waals surface area contributed by atoms with Crippen LogP contribution in [0.3, 0.4) is 0 Å². The van der Waals surface area contributed by atoms with Crippen molar-refractivity contribution < 1.29 is 29.0 Å². The van der Waals surface area contributed by atoms with Crippen molar-refractivity contribution in [3.8, 4) is 11.1 Å². The molecule has 1 aliphatic carbocycles. The summed E-state index contributed by atoms with van der Waals surface area (Å²) in [4.78, 5) is 36.0. The Morgan fingerprint density at radius 3 is 2.30 bits per heavy atom. The number of carbonyl (C=O) groups is 3. The van der Waals surface area contributed by atoms with Gasteiger partial charge in [0, 0.05) is 12.5 Å². The largest absolute Gasteiger partial charge is 0.481 e. The molecule has 3 atom stereocenters. The highest BCUT2D eigenvalue weighted by atomic mass is 16.5. The summed E-state index contributed by atoms with van der Waals surface area (Å²) in [5.41, 5.74) is 4.53. The maximum atomic E-state index is 12.5. The second-order valence-corrected chi connectivity index (χ2v) is 8.40. The first-order chi connectivity index (χ1) is 16.0.